The van der Waals surface area contributed by atoms with Crippen molar-refractivity contribution in [3.05, 3.63) is 70.2 Å². The average Bonchev–Trinajstić information content (AvgIpc) is 2.56. The first-order valence-corrected chi connectivity index (χ1v) is 10.2. The molecule has 2 N–H and O–H groups in total. The highest BCUT2D eigenvalue weighted by Gasteiger charge is 2.04. The summed E-state index contributed by atoms with van der Waals surface area (Å²) >= 11 is 5.88. The predicted octanol–water partition coefficient (Wildman–Crippen LogP) is 2.75. The van der Waals surface area contributed by atoms with E-state index in [0.717, 1.165) is 16.7 Å². The van der Waals surface area contributed by atoms with E-state index in [1.54, 1.807) is 7.05 Å². The molecule has 0 fully saturated rings. The Morgan fingerprint density at radius 3 is 1.80 bits per heavy atom. The summed E-state index contributed by atoms with van der Waals surface area (Å²) in [5.74, 6) is 0.751. The van der Waals surface area contributed by atoms with Crippen LogP contribution in [-0.2, 0) is 28.7 Å². The maximum atomic E-state index is 11.3. The minimum Gasteiger partial charge on any atom is -0.352 e. The Morgan fingerprint density at radius 1 is 0.920 bits per heavy atom. The van der Waals surface area contributed by atoms with Crippen LogP contribution in [0.4, 0.5) is 0 Å². The molecule has 0 saturated carbocycles. The summed E-state index contributed by atoms with van der Waals surface area (Å²) in [6.45, 7) is 1.24. The molecule has 0 amide bonds. The van der Waals surface area contributed by atoms with Gasteiger partial charge in [0.2, 0.25) is 0 Å². The van der Waals surface area contributed by atoms with Gasteiger partial charge in [0.05, 0.1) is 5.75 Å². The number of nitrogens with zero attached hydrogens (tertiary/aromatic N) is 1. The molecule has 5 nitrogen and oxygen atoms in total. The molecule has 0 radical (unpaired) electrons. The molecule has 134 valence electrons. The first-order chi connectivity index (χ1) is 11.9. The van der Waals surface area contributed by atoms with Crippen molar-refractivity contribution in [1.82, 2.24) is 10.6 Å². The molecule has 0 aromatic heterocycles. The molecule has 0 atom stereocenters. The number of hydrogen-bond acceptors (Lipinski definition) is 3. The highest BCUT2D eigenvalue weighted by molar-refractivity contribution is 7.89. The maximum Gasteiger partial charge on any atom is 0.191 e. The number of halogens is 1. The van der Waals surface area contributed by atoms with Crippen molar-refractivity contribution in [1.29, 1.82) is 0 Å². The van der Waals surface area contributed by atoms with Crippen LogP contribution in [-0.4, -0.2) is 27.7 Å². The van der Waals surface area contributed by atoms with E-state index in [-0.39, 0.29) is 5.75 Å². The van der Waals surface area contributed by atoms with Gasteiger partial charge < -0.3 is 10.6 Å². The molecule has 2 aromatic rings. The minimum atomic E-state index is -3.01. The Labute approximate surface area is 154 Å². The smallest absolute Gasteiger partial charge is 0.191 e. The Balaban J connectivity index is 1.85. The van der Waals surface area contributed by atoms with Crippen LogP contribution < -0.4 is 10.6 Å². The number of guanidine groups is 1. The molecule has 7 heteroatoms. The van der Waals surface area contributed by atoms with E-state index in [0.29, 0.717) is 24.1 Å². The molecular formula is C18H22ClN3O2S. The van der Waals surface area contributed by atoms with Crippen molar-refractivity contribution < 1.29 is 8.42 Å². The van der Waals surface area contributed by atoms with E-state index in [4.69, 9.17) is 11.6 Å². The fraction of sp³-hybridized carbons (Fsp3) is 0.278. The third-order valence-corrected chi connectivity index (χ3v) is 4.62. The monoisotopic (exact) mass is 379 g/mol. The van der Waals surface area contributed by atoms with Crippen LogP contribution in [0.2, 0.25) is 5.02 Å². The van der Waals surface area contributed by atoms with Gasteiger partial charge in [-0.2, -0.15) is 0 Å². The lowest BCUT2D eigenvalue weighted by atomic mass is 10.1. The highest BCUT2D eigenvalue weighted by atomic mass is 35.5. The van der Waals surface area contributed by atoms with Gasteiger partial charge in [-0.15, -0.1) is 0 Å². The quantitative estimate of drug-likeness (QED) is 0.598. The fourth-order valence-electron chi connectivity index (χ4n) is 2.25. The summed E-state index contributed by atoms with van der Waals surface area (Å²) in [6, 6.07) is 15.1. The van der Waals surface area contributed by atoms with Crippen LogP contribution in [0.3, 0.4) is 0 Å². The predicted molar refractivity (Wildman–Crippen MR) is 103 cm³/mol. The Morgan fingerprint density at radius 2 is 1.36 bits per heavy atom. The zero-order valence-electron chi connectivity index (χ0n) is 14.3. The zero-order chi connectivity index (χ0) is 18.3. The van der Waals surface area contributed by atoms with Crippen molar-refractivity contribution in [2.45, 2.75) is 18.8 Å². The average molecular weight is 380 g/mol. The maximum absolute atomic E-state index is 11.3. The van der Waals surface area contributed by atoms with Gasteiger partial charge >= 0.3 is 0 Å². The molecular weight excluding hydrogens is 358 g/mol. The van der Waals surface area contributed by atoms with E-state index < -0.39 is 9.84 Å². The van der Waals surface area contributed by atoms with Crippen molar-refractivity contribution in [2.24, 2.45) is 4.99 Å². The van der Waals surface area contributed by atoms with Crippen LogP contribution in [0.15, 0.2) is 53.5 Å². The third-order valence-electron chi connectivity index (χ3n) is 3.51. The fourth-order valence-corrected chi connectivity index (χ4v) is 3.17. The molecule has 0 aliphatic rings. The van der Waals surface area contributed by atoms with Gasteiger partial charge in [-0.05, 0) is 28.8 Å². The molecule has 0 aliphatic carbocycles. The molecule has 25 heavy (non-hydrogen) atoms. The Bertz CT molecular complexity index is 816. The first-order valence-electron chi connectivity index (χ1n) is 7.80. The van der Waals surface area contributed by atoms with Crippen molar-refractivity contribution >= 4 is 27.4 Å². The summed E-state index contributed by atoms with van der Waals surface area (Å²) < 4.78 is 22.6. The van der Waals surface area contributed by atoms with Gasteiger partial charge in [0.15, 0.2) is 15.8 Å². The second-order valence-corrected chi connectivity index (χ2v) is 8.37. The number of aliphatic imine (C=N–C) groups is 1. The van der Waals surface area contributed by atoms with Gasteiger partial charge in [0, 0.05) is 31.4 Å². The van der Waals surface area contributed by atoms with E-state index in [1.807, 2.05) is 48.5 Å². The third kappa shape index (κ3) is 7.15. The molecule has 0 saturated heterocycles. The van der Waals surface area contributed by atoms with Crippen LogP contribution >= 0.6 is 11.6 Å². The SMILES string of the molecule is CN=C(NCc1ccc(Cl)cc1)NCc1ccc(CS(C)(=O)=O)cc1. The minimum absolute atomic E-state index is 0.0605. The topological polar surface area (TPSA) is 70.6 Å². The normalized spacial score (nSPS) is 12.0. The van der Waals surface area contributed by atoms with E-state index >= 15 is 0 Å². The largest absolute Gasteiger partial charge is 0.352 e. The lowest BCUT2D eigenvalue weighted by Gasteiger charge is -2.12. The molecule has 0 heterocycles. The van der Waals surface area contributed by atoms with Crippen LogP contribution in [0, 0.1) is 0 Å². The summed E-state index contributed by atoms with van der Waals surface area (Å²) in [4.78, 5) is 4.19. The molecule has 0 spiro atoms. The highest BCUT2D eigenvalue weighted by Crippen LogP contribution is 2.09. The second kappa shape index (κ2) is 8.87. The lowest BCUT2D eigenvalue weighted by molar-refractivity contribution is 0.601. The van der Waals surface area contributed by atoms with Crippen LogP contribution in [0.5, 0.6) is 0 Å². The van der Waals surface area contributed by atoms with Gasteiger partial charge in [-0.1, -0.05) is 48.0 Å². The standard InChI is InChI=1S/C18H22ClN3O2S/c1-20-18(22-12-15-7-9-17(19)10-8-15)21-11-14-3-5-16(6-4-14)13-25(2,23)24/h3-10H,11-13H2,1-2H3,(H2,20,21,22). The van der Waals surface area contributed by atoms with E-state index in [9.17, 15) is 8.42 Å². The van der Waals surface area contributed by atoms with Crippen LogP contribution in [0.1, 0.15) is 16.7 Å². The van der Waals surface area contributed by atoms with Gasteiger partial charge in [0.1, 0.15) is 0 Å². The second-order valence-electron chi connectivity index (χ2n) is 5.79. The number of hydrogen-bond donors (Lipinski definition) is 2. The molecule has 2 rings (SSSR count). The molecule has 2 aromatic carbocycles. The van der Waals surface area contributed by atoms with Crippen molar-refractivity contribution in [3.8, 4) is 0 Å². The van der Waals surface area contributed by atoms with E-state index in [1.165, 1.54) is 6.26 Å². The summed E-state index contributed by atoms with van der Waals surface area (Å²) in [5.41, 5.74) is 2.95. The molecule has 0 aliphatic heterocycles. The van der Waals surface area contributed by atoms with Crippen LogP contribution in [0.25, 0.3) is 0 Å². The van der Waals surface area contributed by atoms with Gasteiger partial charge in [0.25, 0.3) is 0 Å². The van der Waals surface area contributed by atoms with Crippen molar-refractivity contribution in [3.63, 3.8) is 0 Å². The van der Waals surface area contributed by atoms with Gasteiger partial charge in [-0.3, -0.25) is 4.99 Å². The van der Waals surface area contributed by atoms with Crippen molar-refractivity contribution in [2.75, 3.05) is 13.3 Å². The summed E-state index contributed by atoms with van der Waals surface area (Å²) in [5, 5.41) is 7.18. The lowest BCUT2D eigenvalue weighted by Crippen LogP contribution is -2.36. The number of rotatable bonds is 6. The Kier molecular flexibility index (Phi) is 6.84. The molecule has 0 bridgehead atoms. The summed E-state index contributed by atoms with van der Waals surface area (Å²) in [7, 11) is -1.29. The number of nitrogens with one attached hydrogen (secondary N) is 2. The summed E-state index contributed by atoms with van der Waals surface area (Å²) in [6.07, 6.45) is 1.23. The zero-order valence-corrected chi connectivity index (χ0v) is 15.9. The number of benzene rings is 2. The first kappa shape index (κ1) is 19.3. The number of sulfone groups is 1. The molecule has 0 unspecified atom stereocenters. The van der Waals surface area contributed by atoms with E-state index in [2.05, 4.69) is 15.6 Å². The van der Waals surface area contributed by atoms with Gasteiger partial charge in [-0.25, -0.2) is 8.42 Å². The Hall–Kier alpha value is -2.05.